The molecule has 0 aromatic heterocycles. The van der Waals surface area contributed by atoms with E-state index in [1.54, 1.807) is 0 Å². The second-order valence-electron chi connectivity index (χ2n) is 6.06. The standard InChI is InChI=1S/C19H21N3O6/c1-21(2)14-6-4-13(5-7-14)11-20-18(23)12-28-19(24)16-10-15(22(25)26)8-9-17(16)27-3/h4-10H,11-12H2,1-3H3,(H,20,23). The van der Waals surface area contributed by atoms with Crippen LogP contribution in [-0.2, 0) is 16.1 Å². The number of nitro benzene ring substituents is 1. The zero-order valence-corrected chi connectivity index (χ0v) is 15.8. The Hall–Kier alpha value is -3.62. The van der Waals surface area contributed by atoms with E-state index in [1.807, 2.05) is 43.3 Å². The predicted molar refractivity (Wildman–Crippen MR) is 103 cm³/mol. The van der Waals surface area contributed by atoms with Crippen LogP contribution in [0.4, 0.5) is 11.4 Å². The van der Waals surface area contributed by atoms with E-state index in [-0.39, 0.29) is 23.5 Å². The monoisotopic (exact) mass is 387 g/mol. The number of hydrogen-bond acceptors (Lipinski definition) is 7. The van der Waals surface area contributed by atoms with E-state index in [0.29, 0.717) is 0 Å². The van der Waals surface area contributed by atoms with Crippen molar-refractivity contribution in [1.82, 2.24) is 5.32 Å². The first-order chi connectivity index (χ1) is 13.3. The summed E-state index contributed by atoms with van der Waals surface area (Å²) in [5, 5.41) is 13.5. The number of hydrogen-bond donors (Lipinski definition) is 1. The number of amides is 1. The summed E-state index contributed by atoms with van der Waals surface area (Å²) in [5.41, 5.74) is 1.53. The Bertz CT molecular complexity index is 864. The maximum absolute atomic E-state index is 12.2. The van der Waals surface area contributed by atoms with Crippen LogP contribution < -0.4 is 15.0 Å². The number of anilines is 1. The number of benzene rings is 2. The van der Waals surface area contributed by atoms with Gasteiger partial charge in [0.05, 0.1) is 12.0 Å². The van der Waals surface area contributed by atoms with Crippen molar-refractivity contribution < 1.29 is 24.0 Å². The first-order valence-electron chi connectivity index (χ1n) is 8.34. The van der Waals surface area contributed by atoms with Crippen molar-refractivity contribution in [2.24, 2.45) is 0 Å². The molecule has 0 fully saturated rings. The molecule has 0 unspecified atom stereocenters. The molecule has 9 heteroatoms. The van der Waals surface area contributed by atoms with Crippen LogP contribution >= 0.6 is 0 Å². The third kappa shape index (κ3) is 5.44. The van der Waals surface area contributed by atoms with Crippen molar-refractivity contribution in [3.05, 3.63) is 63.7 Å². The summed E-state index contributed by atoms with van der Waals surface area (Å²) in [4.78, 5) is 36.3. The maximum atomic E-state index is 12.2. The highest BCUT2D eigenvalue weighted by atomic mass is 16.6. The molecule has 0 aliphatic carbocycles. The average Bonchev–Trinajstić information content (AvgIpc) is 2.70. The van der Waals surface area contributed by atoms with Crippen molar-refractivity contribution in [2.45, 2.75) is 6.54 Å². The highest BCUT2D eigenvalue weighted by Gasteiger charge is 2.19. The number of rotatable bonds is 8. The molecule has 1 N–H and O–H groups in total. The first kappa shape index (κ1) is 20.7. The molecule has 0 saturated heterocycles. The Balaban J connectivity index is 1.91. The molecular weight excluding hydrogens is 366 g/mol. The molecule has 2 rings (SSSR count). The Labute approximate surface area is 162 Å². The maximum Gasteiger partial charge on any atom is 0.342 e. The Morgan fingerprint density at radius 2 is 1.82 bits per heavy atom. The summed E-state index contributed by atoms with van der Waals surface area (Å²) in [5.74, 6) is -1.25. The molecule has 2 aromatic carbocycles. The van der Waals surface area contributed by atoms with Crippen LogP contribution in [0.25, 0.3) is 0 Å². The molecule has 0 spiro atoms. The third-order valence-corrected chi connectivity index (χ3v) is 3.89. The van der Waals surface area contributed by atoms with Crippen molar-refractivity contribution in [3.63, 3.8) is 0 Å². The molecule has 0 bridgehead atoms. The molecule has 0 aliphatic rings. The molecule has 2 aromatic rings. The van der Waals surface area contributed by atoms with Gasteiger partial charge in [0.25, 0.3) is 11.6 Å². The molecule has 9 nitrogen and oxygen atoms in total. The normalized spacial score (nSPS) is 10.1. The van der Waals surface area contributed by atoms with Crippen LogP contribution in [0.2, 0.25) is 0 Å². The SMILES string of the molecule is COc1ccc([N+](=O)[O-])cc1C(=O)OCC(=O)NCc1ccc(N(C)C)cc1. The minimum absolute atomic E-state index is 0.122. The van der Waals surface area contributed by atoms with Gasteiger partial charge >= 0.3 is 5.97 Å². The van der Waals surface area contributed by atoms with Crippen LogP contribution in [0.15, 0.2) is 42.5 Å². The number of esters is 1. The number of ether oxygens (including phenoxy) is 2. The zero-order valence-electron chi connectivity index (χ0n) is 15.8. The molecule has 0 radical (unpaired) electrons. The molecule has 148 valence electrons. The van der Waals surface area contributed by atoms with Gasteiger partial charge in [0.15, 0.2) is 6.61 Å². The molecular formula is C19H21N3O6. The van der Waals surface area contributed by atoms with E-state index in [4.69, 9.17) is 9.47 Å². The average molecular weight is 387 g/mol. The zero-order chi connectivity index (χ0) is 20.7. The van der Waals surface area contributed by atoms with Crippen LogP contribution in [0.5, 0.6) is 5.75 Å². The van der Waals surface area contributed by atoms with E-state index in [1.165, 1.54) is 19.2 Å². The number of carbonyl (C=O) groups excluding carboxylic acids is 2. The lowest BCUT2D eigenvalue weighted by atomic mass is 10.2. The highest BCUT2D eigenvalue weighted by molar-refractivity contribution is 5.94. The summed E-state index contributed by atoms with van der Waals surface area (Å²) in [6.45, 7) is -0.231. The quantitative estimate of drug-likeness (QED) is 0.420. The number of carbonyl (C=O) groups is 2. The van der Waals surface area contributed by atoms with Crippen LogP contribution in [0, 0.1) is 10.1 Å². The lowest BCUT2D eigenvalue weighted by Gasteiger charge is -2.13. The van der Waals surface area contributed by atoms with Gasteiger partial charge < -0.3 is 19.7 Å². The summed E-state index contributed by atoms with van der Waals surface area (Å²) in [6, 6.07) is 11.2. The van der Waals surface area contributed by atoms with Gasteiger partial charge in [0.2, 0.25) is 0 Å². The van der Waals surface area contributed by atoms with Gasteiger partial charge in [-0.25, -0.2) is 4.79 Å². The van der Waals surface area contributed by atoms with Crippen LogP contribution in [0.1, 0.15) is 15.9 Å². The lowest BCUT2D eigenvalue weighted by Crippen LogP contribution is -2.28. The summed E-state index contributed by atoms with van der Waals surface area (Å²) in [7, 11) is 5.19. The molecule has 28 heavy (non-hydrogen) atoms. The number of nitrogens with one attached hydrogen (secondary N) is 1. The predicted octanol–water partition coefficient (Wildman–Crippen LogP) is 2.14. The highest BCUT2D eigenvalue weighted by Crippen LogP contribution is 2.24. The Morgan fingerprint density at radius 3 is 2.39 bits per heavy atom. The van der Waals surface area contributed by atoms with Gasteiger partial charge in [0, 0.05) is 38.5 Å². The van der Waals surface area contributed by atoms with E-state index in [9.17, 15) is 19.7 Å². The van der Waals surface area contributed by atoms with E-state index in [0.717, 1.165) is 17.3 Å². The van der Waals surface area contributed by atoms with E-state index in [2.05, 4.69) is 5.32 Å². The van der Waals surface area contributed by atoms with Gasteiger partial charge in [-0.2, -0.15) is 0 Å². The molecule has 0 heterocycles. The van der Waals surface area contributed by atoms with Crippen molar-refractivity contribution in [3.8, 4) is 5.75 Å². The molecule has 1 amide bonds. The summed E-state index contributed by atoms with van der Waals surface area (Å²) >= 11 is 0. The van der Waals surface area contributed by atoms with Crippen LogP contribution in [-0.4, -0.2) is 44.6 Å². The van der Waals surface area contributed by atoms with Gasteiger partial charge in [-0.05, 0) is 23.8 Å². The van der Waals surface area contributed by atoms with Crippen LogP contribution in [0.3, 0.4) is 0 Å². The fourth-order valence-corrected chi connectivity index (χ4v) is 2.34. The van der Waals surface area contributed by atoms with Crippen molar-refractivity contribution in [2.75, 3.05) is 32.7 Å². The number of nitrogens with zero attached hydrogens (tertiary/aromatic N) is 2. The van der Waals surface area contributed by atoms with Gasteiger partial charge in [-0.1, -0.05) is 12.1 Å². The Morgan fingerprint density at radius 1 is 1.14 bits per heavy atom. The van der Waals surface area contributed by atoms with E-state index >= 15 is 0 Å². The third-order valence-electron chi connectivity index (χ3n) is 3.89. The molecule has 0 aliphatic heterocycles. The summed E-state index contributed by atoms with van der Waals surface area (Å²) < 4.78 is 9.96. The van der Waals surface area contributed by atoms with Crippen molar-refractivity contribution >= 4 is 23.3 Å². The number of nitro groups is 1. The largest absolute Gasteiger partial charge is 0.496 e. The summed E-state index contributed by atoms with van der Waals surface area (Å²) in [6.07, 6.45) is 0. The van der Waals surface area contributed by atoms with Gasteiger partial charge in [-0.3, -0.25) is 14.9 Å². The fourth-order valence-electron chi connectivity index (χ4n) is 2.34. The van der Waals surface area contributed by atoms with E-state index < -0.39 is 23.4 Å². The minimum Gasteiger partial charge on any atom is -0.496 e. The topological polar surface area (TPSA) is 111 Å². The fraction of sp³-hybridized carbons (Fsp3) is 0.263. The Kier molecular flexibility index (Phi) is 6.91. The molecule has 0 saturated carbocycles. The number of non-ortho nitro benzene ring substituents is 1. The van der Waals surface area contributed by atoms with Gasteiger partial charge in [0.1, 0.15) is 11.3 Å². The van der Waals surface area contributed by atoms with Gasteiger partial charge in [-0.15, -0.1) is 0 Å². The van der Waals surface area contributed by atoms with Crippen molar-refractivity contribution in [1.29, 1.82) is 0 Å². The second-order valence-corrected chi connectivity index (χ2v) is 6.06. The smallest absolute Gasteiger partial charge is 0.342 e. The second kappa shape index (κ2) is 9.36. The lowest BCUT2D eigenvalue weighted by molar-refractivity contribution is -0.384. The molecule has 0 atom stereocenters. The minimum atomic E-state index is -0.883. The number of methoxy groups -OCH3 is 1. The first-order valence-corrected chi connectivity index (χ1v) is 8.34.